The van der Waals surface area contributed by atoms with Crippen LogP contribution in [0.15, 0.2) is 170 Å². The summed E-state index contributed by atoms with van der Waals surface area (Å²) in [6.07, 6.45) is 2.98. The van der Waals surface area contributed by atoms with Crippen LogP contribution in [0.25, 0.3) is 21.5 Å². The maximum Gasteiger partial charge on any atom is 0.165 e. The minimum absolute atomic E-state index is 0.0158. The van der Waals surface area contributed by atoms with E-state index in [4.69, 9.17) is 19.2 Å². The third-order valence-corrected chi connectivity index (χ3v) is 13.1. The maximum absolute atomic E-state index is 6.13. The fraction of sp³-hybridized carbons (Fsp3) is 0.228. The Balaban J connectivity index is 0.852. The second kappa shape index (κ2) is 15.6. The van der Waals surface area contributed by atoms with Gasteiger partial charge in [-0.1, -0.05) is 155 Å². The molecule has 10 rings (SSSR count). The molecule has 0 heterocycles. The van der Waals surface area contributed by atoms with Crippen molar-refractivity contribution in [2.75, 3.05) is 0 Å². The van der Waals surface area contributed by atoms with Crippen LogP contribution >= 0.6 is 0 Å². The van der Waals surface area contributed by atoms with Gasteiger partial charge in [0.1, 0.15) is 31.3 Å². The van der Waals surface area contributed by atoms with Crippen LogP contribution in [-0.4, -0.2) is 0 Å². The zero-order valence-corrected chi connectivity index (χ0v) is 35.5. The van der Waals surface area contributed by atoms with E-state index >= 15 is 0 Å². The topological polar surface area (TPSA) is 36.9 Å². The van der Waals surface area contributed by atoms with Gasteiger partial charge in [-0.05, 0) is 144 Å². The van der Waals surface area contributed by atoms with Crippen LogP contribution in [0.3, 0.4) is 0 Å². The van der Waals surface area contributed by atoms with Gasteiger partial charge >= 0.3 is 0 Å². The Labute approximate surface area is 359 Å². The zero-order valence-electron chi connectivity index (χ0n) is 35.5. The van der Waals surface area contributed by atoms with Crippen molar-refractivity contribution in [3.05, 3.63) is 220 Å². The Kier molecular flexibility index (Phi) is 9.92. The van der Waals surface area contributed by atoms with Crippen LogP contribution < -0.4 is 14.4 Å². The molecule has 304 valence electrons. The van der Waals surface area contributed by atoms with E-state index in [-0.39, 0.29) is 16.2 Å². The van der Waals surface area contributed by atoms with E-state index in [0.717, 1.165) is 58.4 Å². The van der Waals surface area contributed by atoms with Crippen molar-refractivity contribution in [1.82, 2.24) is 0 Å². The van der Waals surface area contributed by atoms with E-state index < -0.39 is 0 Å². The van der Waals surface area contributed by atoms with Crippen molar-refractivity contribution in [2.45, 2.75) is 83.0 Å². The standard InChI is InChI=1S/C57H52O4/c1-55(2)37-57(53-30-42(17-25-51(53)55)27-41-15-18-46-31-48(22-20-44(46)28-41)58-34-39-11-7-5-8-12-39)38-56(3,4)52-26-24-50(33-54(52)57)61-60-36-43-16-19-47-32-49(23-21-45(47)29-43)59-35-40-13-9-6-10-14-40/h5-26,28-33H,27,34-38H2,1-4H3. The normalized spacial score (nSPS) is 17.0. The minimum Gasteiger partial charge on any atom is -0.489 e. The molecular weight excluding hydrogens is 749 g/mol. The fourth-order valence-electron chi connectivity index (χ4n) is 10.3. The van der Waals surface area contributed by atoms with Gasteiger partial charge in [0.2, 0.25) is 0 Å². The fourth-order valence-corrected chi connectivity index (χ4v) is 10.3. The summed E-state index contributed by atoms with van der Waals surface area (Å²) < 4.78 is 12.2. The lowest BCUT2D eigenvalue weighted by Gasteiger charge is -2.31. The third kappa shape index (κ3) is 7.77. The molecule has 0 bridgehead atoms. The lowest BCUT2D eigenvalue weighted by atomic mass is 9.72. The molecule has 1 spiro atoms. The smallest absolute Gasteiger partial charge is 0.165 e. The summed E-state index contributed by atoms with van der Waals surface area (Å²) in [5.41, 5.74) is 11.6. The second-order valence-corrected chi connectivity index (χ2v) is 18.5. The number of rotatable bonds is 12. The number of fused-ring (bicyclic) bond motifs is 6. The summed E-state index contributed by atoms with van der Waals surface area (Å²) >= 11 is 0. The first-order valence-corrected chi connectivity index (χ1v) is 21.6. The summed E-state index contributed by atoms with van der Waals surface area (Å²) in [6, 6.07) is 60.3. The van der Waals surface area contributed by atoms with Gasteiger partial charge in [0.15, 0.2) is 5.75 Å². The third-order valence-electron chi connectivity index (χ3n) is 13.1. The Morgan fingerprint density at radius 3 is 1.44 bits per heavy atom. The predicted molar refractivity (Wildman–Crippen MR) is 247 cm³/mol. The van der Waals surface area contributed by atoms with Gasteiger partial charge in [-0.3, -0.25) is 0 Å². The number of hydrogen-bond acceptors (Lipinski definition) is 4. The van der Waals surface area contributed by atoms with Crippen LogP contribution in [0.5, 0.6) is 17.2 Å². The Morgan fingerprint density at radius 1 is 0.377 bits per heavy atom. The van der Waals surface area contributed by atoms with E-state index in [9.17, 15) is 0 Å². The number of hydrogen-bond donors (Lipinski definition) is 0. The van der Waals surface area contributed by atoms with Crippen LogP contribution in [-0.2, 0) is 47.4 Å². The molecular formula is C57H52O4. The molecule has 0 saturated heterocycles. The Hall–Kier alpha value is -6.36. The average Bonchev–Trinajstić information content (AvgIpc) is 3.64. The molecule has 61 heavy (non-hydrogen) atoms. The zero-order chi connectivity index (χ0) is 41.6. The SMILES string of the molecule is CC1(C)CC2(CC(C)(C)c3ccc(OOCc4ccc5cc(OCc6ccccc6)ccc5c4)cc32)c2cc(Cc3ccc4cc(OCc5ccccc5)ccc4c3)ccc21. The van der Waals surface area contributed by atoms with E-state index in [2.05, 4.69) is 155 Å². The van der Waals surface area contributed by atoms with Gasteiger partial charge in [0, 0.05) is 5.41 Å². The van der Waals surface area contributed by atoms with Crippen LogP contribution in [0, 0.1) is 0 Å². The van der Waals surface area contributed by atoms with Gasteiger partial charge in [-0.15, -0.1) is 0 Å². The quantitative estimate of drug-likeness (QED) is 0.0911. The first kappa shape index (κ1) is 38.8. The van der Waals surface area contributed by atoms with Crippen molar-refractivity contribution in [3.63, 3.8) is 0 Å². The highest BCUT2D eigenvalue weighted by Crippen LogP contribution is 2.63. The molecule has 0 saturated carbocycles. The monoisotopic (exact) mass is 800 g/mol. The first-order chi connectivity index (χ1) is 29.6. The van der Waals surface area contributed by atoms with Gasteiger partial charge in [0.25, 0.3) is 0 Å². The summed E-state index contributed by atoms with van der Waals surface area (Å²) in [4.78, 5) is 12.1. The highest BCUT2D eigenvalue weighted by molar-refractivity contribution is 5.85. The molecule has 0 aromatic heterocycles. The van der Waals surface area contributed by atoms with Gasteiger partial charge < -0.3 is 14.4 Å². The molecule has 2 aliphatic rings. The lowest BCUT2D eigenvalue weighted by Crippen LogP contribution is -2.27. The summed E-state index contributed by atoms with van der Waals surface area (Å²) in [7, 11) is 0. The molecule has 4 nitrogen and oxygen atoms in total. The highest BCUT2D eigenvalue weighted by atomic mass is 17.2. The van der Waals surface area contributed by atoms with Crippen molar-refractivity contribution < 1.29 is 19.2 Å². The number of benzene rings is 8. The van der Waals surface area contributed by atoms with Crippen molar-refractivity contribution in [1.29, 1.82) is 0 Å². The van der Waals surface area contributed by atoms with Gasteiger partial charge in [0.05, 0.1) is 0 Å². The van der Waals surface area contributed by atoms with Crippen molar-refractivity contribution in [2.24, 2.45) is 0 Å². The van der Waals surface area contributed by atoms with Crippen LogP contribution in [0.2, 0.25) is 0 Å². The van der Waals surface area contributed by atoms with E-state index in [1.165, 1.54) is 49.7 Å². The largest absolute Gasteiger partial charge is 0.489 e. The summed E-state index contributed by atoms with van der Waals surface area (Å²) in [5, 5.41) is 4.67. The molecule has 2 aliphatic carbocycles. The molecule has 0 radical (unpaired) electrons. The second-order valence-electron chi connectivity index (χ2n) is 18.5. The van der Waals surface area contributed by atoms with E-state index in [1.54, 1.807) is 0 Å². The van der Waals surface area contributed by atoms with E-state index in [0.29, 0.717) is 19.8 Å². The molecule has 8 aromatic carbocycles. The van der Waals surface area contributed by atoms with Crippen molar-refractivity contribution >= 4 is 21.5 Å². The minimum atomic E-state index is -0.116. The number of ether oxygens (including phenoxy) is 2. The maximum atomic E-state index is 6.13. The van der Waals surface area contributed by atoms with Gasteiger partial charge in [-0.2, -0.15) is 4.89 Å². The summed E-state index contributed by atoms with van der Waals surface area (Å²) in [5.74, 6) is 2.49. The van der Waals surface area contributed by atoms with Crippen LogP contribution in [0.1, 0.15) is 90.6 Å². The predicted octanol–water partition coefficient (Wildman–Crippen LogP) is 13.9. The Bertz CT molecular complexity index is 2870. The first-order valence-electron chi connectivity index (χ1n) is 21.6. The van der Waals surface area contributed by atoms with Gasteiger partial charge in [-0.25, -0.2) is 0 Å². The molecule has 0 amide bonds. The molecule has 4 heteroatoms. The van der Waals surface area contributed by atoms with E-state index in [1.807, 2.05) is 42.5 Å². The Morgan fingerprint density at radius 2 is 0.836 bits per heavy atom. The molecule has 8 aromatic rings. The molecule has 1 unspecified atom stereocenters. The van der Waals surface area contributed by atoms with Crippen LogP contribution in [0.4, 0.5) is 0 Å². The molecule has 1 atom stereocenters. The van der Waals surface area contributed by atoms with Crippen molar-refractivity contribution in [3.8, 4) is 17.2 Å². The lowest BCUT2D eigenvalue weighted by molar-refractivity contribution is -0.217. The molecule has 0 N–H and O–H groups in total. The molecule has 0 aliphatic heterocycles. The summed E-state index contributed by atoms with van der Waals surface area (Å²) in [6.45, 7) is 11.1. The molecule has 0 fully saturated rings. The average molecular weight is 801 g/mol. The highest BCUT2D eigenvalue weighted by Gasteiger charge is 2.56.